The summed E-state index contributed by atoms with van der Waals surface area (Å²) in [5.41, 5.74) is 2.40. The Hall–Kier alpha value is -3.02. The number of nitrogens with one attached hydrogen (secondary N) is 1. The predicted molar refractivity (Wildman–Crippen MR) is 131 cm³/mol. The van der Waals surface area contributed by atoms with Crippen molar-refractivity contribution in [2.24, 2.45) is 0 Å². The molecule has 0 bridgehead atoms. The van der Waals surface area contributed by atoms with Crippen LogP contribution in [-0.4, -0.2) is 18.3 Å². The normalized spacial score (nSPS) is 20.9. The van der Waals surface area contributed by atoms with E-state index in [0.29, 0.717) is 0 Å². The first kappa shape index (κ1) is 19.7. The van der Waals surface area contributed by atoms with E-state index in [-0.39, 0.29) is 17.4 Å². The smallest absolute Gasteiger partial charge is 0.464 e. The van der Waals surface area contributed by atoms with Gasteiger partial charge in [-0.3, -0.25) is 0 Å². The molecule has 1 unspecified atom stereocenters. The molecule has 0 radical (unpaired) electrons. The van der Waals surface area contributed by atoms with Gasteiger partial charge in [0.2, 0.25) is 0 Å². The van der Waals surface area contributed by atoms with E-state index in [2.05, 4.69) is 87.6 Å². The number of benzene rings is 4. The van der Waals surface area contributed by atoms with Crippen LogP contribution in [0.25, 0.3) is 21.5 Å². The van der Waals surface area contributed by atoms with E-state index in [9.17, 15) is 0 Å². The van der Waals surface area contributed by atoms with Gasteiger partial charge in [0.15, 0.2) is 12.0 Å². The Kier molecular flexibility index (Phi) is 4.14. The maximum Gasteiger partial charge on any atom is 0.494 e. The fourth-order valence-corrected chi connectivity index (χ4v) is 4.56. The van der Waals surface area contributed by atoms with Crippen LogP contribution in [-0.2, 0) is 9.31 Å². The lowest BCUT2D eigenvalue weighted by Crippen LogP contribution is -2.41. The average molecular weight is 423 g/mol. The fraction of sp³-hybridized carbons (Fsp3) is 0.259. The van der Waals surface area contributed by atoms with Gasteiger partial charge >= 0.3 is 7.12 Å². The topological polar surface area (TPSA) is 39.7 Å². The van der Waals surface area contributed by atoms with Gasteiger partial charge in [0, 0.05) is 10.9 Å². The first-order valence-corrected chi connectivity index (χ1v) is 11.2. The largest absolute Gasteiger partial charge is 0.494 e. The molecule has 2 heterocycles. The average Bonchev–Trinajstić information content (AvgIpc) is 3.31. The zero-order valence-corrected chi connectivity index (χ0v) is 18.8. The van der Waals surface area contributed by atoms with Crippen LogP contribution in [0.3, 0.4) is 0 Å². The van der Waals surface area contributed by atoms with Crippen LogP contribution in [0.1, 0.15) is 39.5 Å². The fourth-order valence-electron chi connectivity index (χ4n) is 4.56. The van der Waals surface area contributed by atoms with Crippen molar-refractivity contribution >= 4 is 39.8 Å². The van der Waals surface area contributed by atoms with Crippen LogP contribution in [0, 0.1) is 0 Å². The molecule has 32 heavy (non-hydrogen) atoms. The molecule has 160 valence electrons. The van der Waals surface area contributed by atoms with Crippen LogP contribution in [0.5, 0.6) is 5.75 Å². The Morgan fingerprint density at radius 2 is 1.44 bits per heavy atom. The van der Waals surface area contributed by atoms with Crippen LogP contribution in [0.2, 0.25) is 0 Å². The summed E-state index contributed by atoms with van der Waals surface area (Å²) >= 11 is 0. The summed E-state index contributed by atoms with van der Waals surface area (Å²) in [5, 5.41) is 8.10. The molecule has 6 rings (SSSR count). The monoisotopic (exact) mass is 423 g/mol. The molecular weight excluding hydrogens is 397 g/mol. The minimum absolute atomic E-state index is 0.196. The molecule has 0 spiro atoms. The van der Waals surface area contributed by atoms with Crippen LogP contribution in [0.15, 0.2) is 72.8 Å². The van der Waals surface area contributed by atoms with Crippen molar-refractivity contribution in [1.82, 2.24) is 0 Å². The summed E-state index contributed by atoms with van der Waals surface area (Å²) in [6.07, 6.45) is -0.196. The molecule has 0 aromatic heterocycles. The molecule has 0 saturated carbocycles. The van der Waals surface area contributed by atoms with Gasteiger partial charge in [0.25, 0.3) is 0 Å². The van der Waals surface area contributed by atoms with Gasteiger partial charge in [-0.1, -0.05) is 66.7 Å². The molecule has 4 aromatic rings. The second-order valence-corrected chi connectivity index (χ2v) is 9.73. The SMILES string of the molecule is CC1(C)OB(c2ccc3ccc4ccc5c(c4c3c2)OC(c2ccccc2)N5)OC1(C)C. The van der Waals surface area contributed by atoms with E-state index in [1.54, 1.807) is 0 Å². The molecule has 4 aromatic carbocycles. The predicted octanol–water partition coefficient (Wildman–Crippen LogP) is 5.80. The van der Waals surface area contributed by atoms with Crippen molar-refractivity contribution in [2.75, 3.05) is 5.32 Å². The van der Waals surface area contributed by atoms with E-state index in [0.717, 1.165) is 44.0 Å². The summed E-state index contributed by atoms with van der Waals surface area (Å²) in [4.78, 5) is 0. The van der Waals surface area contributed by atoms with Crippen molar-refractivity contribution in [3.8, 4) is 5.75 Å². The molecular formula is C27H26BNO3. The van der Waals surface area contributed by atoms with E-state index < -0.39 is 7.12 Å². The van der Waals surface area contributed by atoms with Crippen molar-refractivity contribution in [1.29, 1.82) is 0 Å². The van der Waals surface area contributed by atoms with E-state index in [1.807, 2.05) is 18.2 Å². The third kappa shape index (κ3) is 2.92. The standard InChI is InChI=1S/C27H26BNO3/c1-26(2)27(3,4)32-28(31-26)20-14-12-17-10-11-18-13-15-22-24(23(18)21(17)16-20)30-25(29-22)19-8-6-5-7-9-19/h5-16,25,29H,1-4H3. The Morgan fingerprint density at radius 1 is 0.781 bits per heavy atom. The van der Waals surface area contributed by atoms with Gasteiger partial charge < -0.3 is 19.4 Å². The number of fused-ring (bicyclic) bond motifs is 5. The Bertz CT molecular complexity index is 1330. The maximum absolute atomic E-state index is 6.47. The highest BCUT2D eigenvalue weighted by atomic mass is 16.7. The maximum atomic E-state index is 6.47. The number of ether oxygens (including phenoxy) is 1. The Labute approximate surface area is 188 Å². The van der Waals surface area contributed by atoms with E-state index in [4.69, 9.17) is 14.0 Å². The molecule has 2 aliphatic rings. The summed E-state index contributed by atoms with van der Waals surface area (Å²) < 4.78 is 19.1. The molecule has 1 saturated heterocycles. The first-order chi connectivity index (χ1) is 15.3. The second kappa shape index (κ2) is 6.74. The van der Waals surface area contributed by atoms with E-state index >= 15 is 0 Å². The van der Waals surface area contributed by atoms with Gasteiger partial charge in [0.05, 0.1) is 16.9 Å². The van der Waals surface area contributed by atoms with Crippen molar-refractivity contribution < 1.29 is 14.0 Å². The van der Waals surface area contributed by atoms with Crippen molar-refractivity contribution in [3.05, 3.63) is 78.4 Å². The lowest BCUT2D eigenvalue weighted by atomic mass is 9.78. The van der Waals surface area contributed by atoms with Crippen LogP contribution >= 0.6 is 0 Å². The summed E-state index contributed by atoms with van der Waals surface area (Å²) in [7, 11) is -0.396. The molecule has 1 N–H and O–H groups in total. The van der Waals surface area contributed by atoms with Gasteiger partial charge in [-0.25, -0.2) is 0 Å². The number of rotatable bonds is 2. The minimum Gasteiger partial charge on any atom is -0.464 e. The molecule has 1 atom stereocenters. The molecule has 4 nitrogen and oxygen atoms in total. The molecule has 1 fully saturated rings. The molecule has 0 aliphatic carbocycles. The summed E-state index contributed by atoms with van der Waals surface area (Å²) in [6.45, 7) is 8.33. The highest BCUT2D eigenvalue weighted by molar-refractivity contribution is 6.62. The zero-order chi connectivity index (χ0) is 22.1. The first-order valence-electron chi connectivity index (χ1n) is 11.2. The van der Waals surface area contributed by atoms with Gasteiger partial charge in [0.1, 0.15) is 0 Å². The van der Waals surface area contributed by atoms with Gasteiger partial charge in [-0.05, 0) is 55.4 Å². The second-order valence-electron chi connectivity index (χ2n) is 9.73. The van der Waals surface area contributed by atoms with Crippen LogP contribution in [0.4, 0.5) is 5.69 Å². The zero-order valence-electron chi connectivity index (χ0n) is 18.8. The van der Waals surface area contributed by atoms with Crippen molar-refractivity contribution in [3.63, 3.8) is 0 Å². The third-order valence-corrected chi connectivity index (χ3v) is 7.13. The quantitative estimate of drug-likeness (QED) is 0.327. The minimum atomic E-state index is -0.396. The molecule has 5 heteroatoms. The molecule has 2 aliphatic heterocycles. The number of hydrogen-bond acceptors (Lipinski definition) is 4. The van der Waals surface area contributed by atoms with Gasteiger partial charge in [-0.15, -0.1) is 0 Å². The number of hydrogen-bond donors (Lipinski definition) is 1. The third-order valence-electron chi connectivity index (χ3n) is 7.13. The Balaban J connectivity index is 1.48. The highest BCUT2D eigenvalue weighted by Gasteiger charge is 2.51. The van der Waals surface area contributed by atoms with Gasteiger partial charge in [-0.2, -0.15) is 0 Å². The summed E-state index contributed by atoms with van der Waals surface area (Å²) in [6, 6.07) is 25.3. The highest BCUT2D eigenvalue weighted by Crippen LogP contribution is 2.45. The lowest BCUT2D eigenvalue weighted by Gasteiger charge is -2.32. The van der Waals surface area contributed by atoms with E-state index in [1.165, 1.54) is 0 Å². The molecule has 0 amide bonds. The number of anilines is 1. The van der Waals surface area contributed by atoms with Crippen LogP contribution < -0.4 is 15.5 Å². The Morgan fingerprint density at radius 3 is 2.19 bits per heavy atom. The van der Waals surface area contributed by atoms with Crippen molar-refractivity contribution in [2.45, 2.75) is 45.1 Å². The summed E-state index contributed by atoms with van der Waals surface area (Å²) in [5.74, 6) is 0.896. The lowest BCUT2D eigenvalue weighted by molar-refractivity contribution is 0.00578.